The molecule has 16 heavy (non-hydrogen) atoms. The fourth-order valence-electron chi connectivity index (χ4n) is 2.55. The molecule has 90 valence electrons. The Hall–Kier alpha value is -0.810. The highest BCUT2D eigenvalue weighted by Gasteiger charge is 2.26. The molecule has 0 bridgehead atoms. The quantitative estimate of drug-likeness (QED) is 0.738. The van der Waals surface area contributed by atoms with Gasteiger partial charge in [-0.1, -0.05) is 25.5 Å². The van der Waals surface area contributed by atoms with Gasteiger partial charge < -0.3 is 0 Å². The lowest BCUT2D eigenvalue weighted by molar-refractivity contribution is 0.317. The molecule has 0 amide bonds. The minimum Gasteiger partial charge on any atom is -0.299 e. The van der Waals surface area contributed by atoms with E-state index in [2.05, 4.69) is 45.2 Å². The van der Waals surface area contributed by atoms with Gasteiger partial charge in [-0.2, -0.15) is 5.26 Å². The Bertz CT molecular complexity index is 288. The first-order valence-corrected chi connectivity index (χ1v) is 6.39. The topological polar surface area (TPSA) is 35.8 Å². The molecule has 0 saturated carbocycles. The predicted octanol–water partition coefficient (Wildman–Crippen LogP) is 3.26. The smallest absolute Gasteiger partial charge is 0.0986 e. The molecule has 1 aliphatic carbocycles. The van der Waals surface area contributed by atoms with Crippen LogP contribution >= 0.6 is 0 Å². The first kappa shape index (κ1) is 13.3. The molecule has 1 rings (SSSR count). The first-order valence-electron chi connectivity index (χ1n) is 6.39. The van der Waals surface area contributed by atoms with Crippen LogP contribution in [-0.4, -0.2) is 12.1 Å². The third-order valence-electron chi connectivity index (χ3n) is 3.51. The number of hydrogen-bond donors (Lipinski definition) is 1. The lowest BCUT2D eigenvalue weighted by atomic mass is 9.80. The highest BCUT2D eigenvalue weighted by Crippen LogP contribution is 2.30. The Morgan fingerprint density at radius 3 is 2.81 bits per heavy atom. The first-order chi connectivity index (χ1) is 7.56. The second-order valence-corrected chi connectivity index (χ2v) is 5.27. The Kier molecular flexibility index (Phi) is 5.02. The number of allylic oxidation sites excluding steroid dienone is 2. The summed E-state index contributed by atoms with van der Waals surface area (Å²) in [6.07, 6.45) is 5.63. The zero-order valence-corrected chi connectivity index (χ0v) is 11.0. The van der Waals surface area contributed by atoms with Gasteiger partial charge in [-0.15, -0.1) is 0 Å². The maximum Gasteiger partial charge on any atom is 0.0986 e. The van der Waals surface area contributed by atoms with Crippen LogP contribution in [0.2, 0.25) is 0 Å². The number of hydrogen-bond acceptors (Lipinski definition) is 2. The summed E-state index contributed by atoms with van der Waals surface area (Å²) < 4.78 is 0. The van der Waals surface area contributed by atoms with E-state index in [1.807, 2.05) is 0 Å². The molecule has 0 fully saturated rings. The SMILES string of the molecule is CCC(C)NC(C#N)C1CC(C)=CC(C)C1. The second-order valence-electron chi connectivity index (χ2n) is 5.27. The van der Waals surface area contributed by atoms with Gasteiger partial charge in [0.1, 0.15) is 0 Å². The van der Waals surface area contributed by atoms with Gasteiger partial charge in [-0.25, -0.2) is 0 Å². The number of nitrogens with zero attached hydrogens (tertiary/aromatic N) is 1. The van der Waals surface area contributed by atoms with Crippen LogP contribution in [0, 0.1) is 23.2 Å². The summed E-state index contributed by atoms with van der Waals surface area (Å²) in [6.45, 7) is 8.73. The van der Waals surface area contributed by atoms with Crippen LogP contribution in [-0.2, 0) is 0 Å². The van der Waals surface area contributed by atoms with E-state index in [1.165, 1.54) is 5.57 Å². The number of rotatable bonds is 4. The Morgan fingerprint density at radius 2 is 2.31 bits per heavy atom. The average molecular weight is 220 g/mol. The number of nitriles is 1. The second kappa shape index (κ2) is 6.06. The lowest BCUT2D eigenvalue weighted by Gasteiger charge is -2.30. The minimum absolute atomic E-state index is 0.0149. The van der Waals surface area contributed by atoms with Gasteiger partial charge >= 0.3 is 0 Å². The molecule has 0 spiro atoms. The molecule has 0 saturated heterocycles. The standard InChI is InChI=1S/C14H24N2/c1-5-12(4)16-14(9-15)13-7-10(2)6-11(3)8-13/h6,10,12-14,16H,5,7-8H2,1-4H3. The monoisotopic (exact) mass is 220 g/mol. The van der Waals surface area contributed by atoms with E-state index in [0.717, 1.165) is 19.3 Å². The van der Waals surface area contributed by atoms with E-state index < -0.39 is 0 Å². The highest BCUT2D eigenvalue weighted by atomic mass is 14.9. The summed E-state index contributed by atoms with van der Waals surface area (Å²) in [5, 5.41) is 12.7. The molecule has 2 heteroatoms. The molecule has 2 nitrogen and oxygen atoms in total. The Balaban J connectivity index is 2.61. The zero-order chi connectivity index (χ0) is 12.1. The fraction of sp³-hybridized carbons (Fsp3) is 0.786. The van der Waals surface area contributed by atoms with Gasteiger partial charge in [0.25, 0.3) is 0 Å². The van der Waals surface area contributed by atoms with Crippen LogP contribution in [0.25, 0.3) is 0 Å². The van der Waals surface area contributed by atoms with Crippen LogP contribution in [0.15, 0.2) is 11.6 Å². The molecule has 4 atom stereocenters. The van der Waals surface area contributed by atoms with Crippen molar-refractivity contribution in [1.82, 2.24) is 5.32 Å². The molecule has 1 N–H and O–H groups in total. The van der Waals surface area contributed by atoms with Crippen molar-refractivity contribution in [2.75, 3.05) is 0 Å². The van der Waals surface area contributed by atoms with Crippen molar-refractivity contribution in [1.29, 1.82) is 5.26 Å². The maximum atomic E-state index is 9.26. The molecule has 0 heterocycles. The van der Waals surface area contributed by atoms with E-state index in [1.54, 1.807) is 0 Å². The van der Waals surface area contributed by atoms with Crippen LogP contribution in [0.5, 0.6) is 0 Å². The van der Waals surface area contributed by atoms with E-state index in [9.17, 15) is 5.26 Å². The third kappa shape index (κ3) is 3.64. The minimum atomic E-state index is 0.0149. The molecular weight excluding hydrogens is 196 g/mol. The van der Waals surface area contributed by atoms with Crippen molar-refractivity contribution >= 4 is 0 Å². The van der Waals surface area contributed by atoms with Gasteiger partial charge in [0.05, 0.1) is 12.1 Å². The molecule has 0 aliphatic heterocycles. The molecule has 0 aromatic rings. The summed E-state index contributed by atoms with van der Waals surface area (Å²) in [5.41, 5.74) is 1.44. The Morgan fingerprint density at radius 1 is 1.62 bits per heavy atom. The van der Waals surface area contributed by atoms with E-state index >= 15 is 0 Å². The summed E-state index contributed by atoms with van der Waals surface area (Å²) in [5.74, 6) is 1.10. The van der Waals surface area contributed by atoms with E-state index in [4.69, 9.17) is 0 Å². The van der Waals surface area contributed by atoms with E-state index in [0.29, 0.717) is 17.9 Å². The van der Waals surface area contributed by atoms with Crippen LogP contribution < -0.4 is 5.32 Å². The molecule has 0 aromatic heterocycles. The summed E-state index contributed by atoms with van der Waals surface area (Å²) in [6, 6.07) is 2.89. The van der Waals surface area contributed by atoms with Crippen molar-refractivity contribution in [3.05, 3.63) is 11.6 Å². The van der Waals surface area contributed by atoms with Crippen molar-refractivity contribution < 1.29 is 0 Å². The van der Waals surface area contributed by atoms with E-state index in [-0.39, 0.29) is 6.04 Å². The zero-order valence-electron chi connectivity index (χ0n) is 11.0. The highest BCUT2D eigenvalue weighted by molar-refractivity contribution is 5.11. The van der Waals surface area contributed by atoms with Gasteiger partial charge in [0.2, 0.25) is 0 Å². The van der Waals surface area contributed by atoms with Crippen LogP contribution in [0.4, 0.5) is 0 Å². The van der Waals surface area contributed by atoms with Crippen LogP contribution in [0.1, 0.15) is 47.0 Å². The Labute approximate surface area is 99.7 Å². The van der Waals surface area contributed by atoms with Crippen molar-refractivity contribution in [2.45, 2.75) is 59.0 Å². The fourth-order valence-corrected chi connectivity index (χ4v) is 2.55. The number of nitrogens with one attached hydrogen (secondary N) is 1. The van der Waals surface area contributed by atoms with Crippen molar-refractivity contribution in [3.8, 4) is 6.07 Å². The molecule has 0 aromatic carbocycles. The summed E-state index contributed by atoms with van der Waals surface area (Å²) in [4.78, 5) is 0. The summed E-state index contributed by atoms with van der Waals surface area (Å²) >= 11 is 0. The largest absolute Gasteiger partial charge is 0.299 e. The van der Waals surface area contributed by atoms with Crippen LogP contribution in [0.3, 0.4) is 0 Å². The predicted molar refractivity (Wildman–Crippen MR) is 67.9 cm³/mol. The summed E-state index contributed by atoms with van der Waals surface area (Å²) in [7, 11) is 0. The van der Waals surface area contributed by atoms with Gasteiger partial charge in [-0.3, -0.25) is 5.32 Å². The molecule has 1 aliphatic rings. The molecule has 0 radical (unpaired) electrons. The normalized spacial score (nSPS) is 29.1. The molecule has 4 unspecified atom stereocenters. The van der Waals surface area contributed by atoms with Gasteiger partial charge in [-0.05, 0) is 44.9 Å². The van der Waals surface area contributed by atoms with Gasteiger partial charge in [0, 0.05) is 6.04 Å². The lowest BCUT2D eigenvalue weighted by Crippen LogP contribution is -2.41. The maximum absolute atomic E-state index is 9.26. The van der Waals surface area contributed by atoms with Crippen molar-refractivity contribution in [2.24, 2.45) is 11.8 Å². The average Bonchev–Trinajstić information content (AvgIpc) is 2.24. The van der Waals surface area contributed by atoms with Gasteiger partial charge in [0.15, 0.2) is 0 Å². The third-order valence-corrected chi connectivity index (χ3v) is 3.51. The van der Waals surface area contributed by atoms with Crippen molar-refractivity contribution in [3.63, 3.8) is 0 Å². The molecular formula is C14H24N2.